The second-order valence-corrected chi connectivity index (χ2v) is 5.53. The van der Waals surface area contributed by atoms with Gasteiger partial charge in [0.25, 0.3) is 0 Å². The average Bonchev–Trinajstić information content (AvgIpc) is 2.90. The van der Waals surface area contributed by atoms with E-state index >= 15 is 0 Å². The normalized spacial score (nSPS) is 17.4. The summed E-state index contributed by atoms with van der Waals surface area (Å²) in [6, 6.07) is 6.23. The summed E-state index contributed by atoms with van der Waals surface area (Å²) in [4.78, 5) is 11.9. The first-order valence-corrected chi connectivity index (χ1v) is 7.20. The van der Waals surface area contributed by atoms with Crippen LogP contribution in [0.2, 0.25) is 0 Å². The summed E-state index contributed by atoms with van der Waals surface area (Å²) < 4.78 is 12.8. The molecule has 1 unspecified atom stereocenters. The third-order valence-electron chi connectivity index (χ3n) is 4.00. The van der Waals surface area contributed by atoms with Crippen molar-refractivity contribution in [3.05, 3.63) is 35.6 Å². The Hall–Kier alpha value is -1.38. The third kappa shape index (κ3) is 4.34. The number of hydrogen-bond acceptors (Lipinski definition) is 1. The Bertz CT molecular complexity index is 409. The Morgan fingerprint density at radius 3 is 2.58 bits per heavy atom. The van der Waals surface area contributed by atoms with Crippen molar-refractivity contribution in [1.82, 2.24) is 5.32 Å². The number of benzene rings is 1. The first-order valence-electron chi connectivity index (χ1n) is 7.20. The first kappa shape index (κ1) is 14.0. The number of halogens is 1. The van der Waals surface area contributed by atoms with E-state index in [0.29, 0.717) is 6.42 Å². The molecule has 0 heterocycles. The minimum atomic E-state index is -0.247. The van der Waals surface area contributed by atoms with E-state index in [2.05, 4.69) is 5.32 Å². The van der Waals surface area contributed by atoms with Crippen LogP contribution >= 0.6 is 0 Å². The summed E-state index contributed by atoms with van der Waals surface area (Å²) in [5.41, 5.74) is 0.940. The summed E-state index contributed by atoms with van der Waals surface area (Å²) in [6.07, 6.45) is 6.80. The Morgan fingerprint density at radius 1 is 1.32 bits per heavy atom. The lowest BCUT2D eigenvalue weighted by atomic mass is 10.0. The molecule has 1 fully saturated rings. The van der Waals surface area contributed by atoms with Gasteiger partial charge in [0.2, 0.25) is 5.91 Å². The highest BCUT2D eigenvalue weighted by molar-refractivity contribution is 5.76. The van der Waals surface area contributed by atoms with Gasteiger partial charge in [-0.05, 0) is 37.0 Å². The molecule has 0 saturated heterocycles. The van der Waals surface area contributed by atoms with E-state index in [9.17, 15) is 9.18 Å². The van der Waals surface area contributed by atoms with E-state index in [0.717, 1.165) is 17.9 Å². The molecule has 19 heavy (non-hydrogen) atoms. The van der Waals surface area contributed by atoms with Gasteiger partial charge in [-0.3, -0.25) is 4.79 Å². The number of rotatable bonds is 5. The van der Waals surface area contributed by atoms with Crippen LogP contribution in [-0.4, -0.2) is 5.91 Å². The largest absolute Gasteiger partial charge is 0.350 e. The Labute approximate surface area is 114 Å². The molecule has 1 aromatic rings. The molecule has 3 heteroatoms. The van der Waals surface area contributed by atoms with Gasteiger partial charge in [-0.1, -0.05) is 37.8 Å². The lowest BCUT2D eigenvalue weighted by Gasteiger charge is -2.15. The van der Waals surface area contributed by atoms with Crippen LogP contribution in [0.3, 0.4) is 0 Å². The second-order valence-electron chi connectivity index (χ2n) is 5.53. The van der Waals surface area contributed by atoms with Crippen molar-refractivity contribution in [1.29, 1.82) is 0 Å². The van der Waals surface area contributed by atoms with Crippen molar-refractivity contribution in [3.63, 3.8) is 0 Å². The molecule has 1 amide bonds. The molecular weight excluding hydrogens is 241 g/mol. The smallest absolute Gasteiger partial charge is 0.220 e. The monoisotopic (exact) mass is 263 g/mol. The topological polar surface area (TPSA) is 29.1 Å². The highest BCUT2D eigenvalue weighted by atomic mass is 19.1. The molecule has 0 spiro atoms. The van der Waals surface area contributed by atoms with Gasteiger partial charge >= 0.3 is 0 Å². The van der Waals surface area contributed by atoms with Crippen LogP contribution in [0.15, 0.2) is 24.3 Å². The van der Waals surface area contributed by atoms with Gasteiger partial charge < -0.3 is 5.32 Å². The van der Waals surface area contributed by atoms with E-state index < -0.39 is 0 Å². The Morgan fingerprint density at radius 2 is 1.95 bits per heavy atom. The van der Waals surface area contributed by atoms with Crippen LogP contribution in [0.1, 0.15) is 57.1 Å². The average molecular weight is 263 g/mol. The number of carbonyl (C=O) groups excluding carboxylic acids is 1. The molecule has 1 saturated carbocycles. The zero-order valence-corrected chi connectivity index (χ0v) is 11.5. The van der Waals surface area contributed by atoms with E-state index in [4.69, 9.17) is 0 Å². The lowest BCUT2D eigenvalue weighted by Crippen LogP contribution is -2.26. The van der Waals surface area contributed by atoms with Crippen LogP contribution in [0.4, 0.5) is 4.39 Å². The minimum absolute atomic E-state index is 0.0586. The molecule has 1 aromatic carbocycles. The van der Waals surface area contributed by atoms with E-state index in [-0.39, 0.29) is 17.8 Å². The summed E-state index contributed by atoms with van der Waals surface area (Å²) in [5.74, 6) is 0.596. The zero-order valence-electron chi connectivity index (χ0n) is 11.5. The Balaban J connectivity index is 1.76. The van der Waals surface area contributed by atoms with Crippen molar-refractivity contribution >= 4 is 5.91 Å². The van der Waals surface area contributed by atoms with Gasteiger partial charge in [0.15, 0.2) is 0 Å². The van der Waals surface area contributed by atoms with E-state index in [1.54, 1.807) is 12.1 Å². The second kappa shape index (κ2) is 6.69. The maximum atomic E-state index is 12.8. The number of amides is 1. The predicted molar refractivity (Wildman–Crippen MR) is 74.1 cm³/mol. The summed E-state index contributed by atoms with van der Waals surface area (Å²) >= 11 is 0. The van der Waals surface area contributed by atoms with Gasteiger partial charge in [-0.25, -0.2) is 4.39 Å². The van der Waals surface area contributed by atoms with Crippen molar-refractivity contribution in [2.75, 3.05) is 0 Å². The molecule has 104 valence electrons. The van der Waals surface area contributed by atoms with Crippen molar-refractivity contribution in [2.45, 2.75) is 51.5 Å². The maximum absolute atomic E-state index is 12.8. The molecule has 0 aromatic heterocycles. The number of carbonyl (C=O) groups is 1. The van der Waals surface area contributed by atoms with Crippen LogP contribution in [-0.2, 0) is 4.79 Å². The van der Waals surface area contributed by atoms with Gasteiger partial charge in [-0.15, -0.1) is 0 Å². The van der Waals surface area contributed by atoms with Gasteiger partial charge in [0.05, 0.1) is 6.04 Å². The van der Waals surface area contributed by atoms with Crippen molar-refractivity contribution in [2.24, 2.45) is 5.92 Å². The fourth-order valence-corrected chi connectivity index (χ4v) is 2.78. The first-order chi connectivity index (χ1) is 9.15. The lowest BCUT2D eigenvalue weighted by molar-refractivity contribution is -0.122. The van der Waals surface area contributed by atoms with Crippen LogP contribution in [0.25, 0.3) is 0 Å². The highest BCUT2D eigenvalue weighted by Crippen LogP contribution is 2.28. The molecule has 1 atom stereocenters. The Kier molecular flexibility index (Phi) is 4.94. The zero-order chi connectivity index (χ0) is 13.7. The van der Waals surface area contributed by atoms with Gasteiger partial charge in [0.1, 0.15) is 5.82 Å². The maximum Gasteiger partial charge on any atom is 0.220 e. The van der Waals surface area contributed by atoms with E-state index in [1.807, 2.05) is 6.92 Å². The van der Waals surface area contributed by atoms with Crippen molar-refractivity contribution in [3.8, 4) is 0 Å². The van der Waals surface area contributed by atoms with Crippen molar-refractivity contribution < 1.29 is 9.18 Å². The molecular formula is C16H22FNO. The fourth-order valence-electron chi connectivity index (χ4n) is 2.78. The van der Waals surface area contributed by atoms with Crippen LogP contribution in [0.5, 0.6) is 0 Å². The number of hydrogen-bond donors (Lipinski definition) is 1. The molecule has 1 aliphatic rings. The summed E-state index contributed by atoms with van der Waals surface area (Å²) in [6.45, 7) is 1.93. The van der Waals surface area contributed by atoms with Gasteiger partial charge in [-0.2, -0.15) is 0 Å². The molecule has 2 nitrogen and oxygen atoms in total. The third-order valence-corrected chi connectivity index (χ3v) is 4.00. The van der Waals surface area contributed by atoms with Crippen LogP contribution in [0, 0.1) is 11.7 Å². The quantitative estimate of drug-likeness (QED) is 0.855. The predicted octanol–water partition coefficient (Wildman–Crippen LogP) is 3.97. The fraction of sp³-hybridized carbons (Fsp3) is 0.562. The summed E-state index contributed by atoms with van der Waals surface area (Å²) in [5, 5.41) is 2.98. The molecule has 1 N–H and O–H groups in total. The molecule has 2 rings (SSSR count). The van der Waals surface area contributed by atoms with Gasteiger partial charge in [0, 0.05) is 6.42 Å². The number of nitrogens with one attached hydrogen (secondary N) is 1. The minimum Gasteiger partial charge on any atom is -0.350 e. The molecule has 0 radical (unpaired) electrons. The molecule has 0 bridgehead atoms. The van der Waals surface area contributed by atoms with Crippen LogP contribution < -0.4 is 5.32 Å². The molecule has 1 aliphatic carbocycles. The molecule has 0 aliphatic heterocycles. The SMILES string of the molecule is CC(NC(=O)CCC1CCCC1)c1ccc(F)cc1. The standard InChI is InChI=1S/C16H22FNO/c1-12(14-7-9-15(17)10-8-14)18-16(19)11-6-13-4-2-3-5-13/h7-10,12-13H,2-6,11H2,1H3,(H,18,19). The summed E-state index contributed by atoms with van der Waals surface area (Å²) in [7, 11) is 0. The highest BCUT2D eigenvalue weighted by Gasteiger charge is 2.17. The van der Waals surface area contributed by atoms with E-state index in [1.165, 1.54) is 37.8 Å².